The second kappa shape index (κ2) is 6.60. The average Bonchev–Trinajstić information content (AvgIpc) is 2.50. The van der Waals surface area contributed by atoms with Gasteiger partial charge in [-0.15, -0.1) is 0 Å². The van der Waals surface area contributed by atoms with E-state index in [1.807, 2.05) is 12.1 Å². The van der Waals surface area contributed by atoms with Crippen molar-refractivity contribution in [2.24, 2.45) is 0 Å². The number of allylic oxidation sites excluding steroid dienone is 1. The zero-order valence-electron chi connectivity index (χ0n) is 11.9. The lowest BCUT2D eigenvalue weighted by Crippen LogP contribution is -2.30. The molecule has 0 fully saturated rings. The van der Waals surface area contributed by atoms with Crippen LogP contribution in [0, 0.1) is 0 Å². The van der Waals surface area contributed by atoms with Gasteiger partial charge < -0.3 is 0 Å². The van der Waals surface area contributed by atoms with E-state index in [2.05, 4.69) is 29.2 Å². The largest absolute Gasteiger partial charge is 0.295 e. The van der Waals surface area contributed by atoms with Crippen LogP contribution in [0.25, 0.3) is 5.57 Å². The fourth-order valence-electron chi connectivity index (χ4n) is 3.25. The summed E-state index contributed by atoms with van der Waals surface area (Å²) in [5, 5.41) is 0.827. The van der Waals surface area contributed by atoms with Gasteiger partial charge in [-0.3, -0.25) is 4.90 Å². The number of hydrogen-bond donors (Lipinski definition) is 0. The van der Waals surface area contributed by atoms with E-state index in [-0.39, 0.29) is 0 Å². The molecule has 1 aromatic carbocycles. The summed E-state index contributed by atoms with van der Waals surface area (Å²) in [6.07, 6.45) is 10.9. The molecule has 3 rings (SSSR count). The minimum absolute atomic E-state index is 0.827. The highest BCUT2D eigenvalue weighted by molar-refractivity contribution is 6.30. The molecule has 1 heterocycles. The van der Waals surface area contributed by atoms with E-state index < -0.39 is 0 Å². The van der Waals surface area contributed by atoms with Crippen LogP contribution in [0.15, 0.2) is 42.0 Å². The van der Waals surface area contributed by atoms with Crippen LogP contribution >= 0.6 is 11.6 Å². The first-order valence-electron chi connectivity index (χ1n) is 7.67. The smallest absolute Gasteiger partial charge is 0.0406 e. The zero-order chi connectivity index (χ0) is 13.8. The molecule has 1 nitrogen and oxygen atoms in total. The molecule has 1 aliphatic carbocycles. The van der Waals surface area contributed by atoms with Crippen LogP contribution < -0.4 is 0 Å². The monoisotopic (exact) mass is 287 g/mol. The SMILES string of the molecule is Clc1ccc(C2=C(CN3CC=CCC3)CCCC2)cc1. The maximum Gasteiger partial charge on any atom is 0.0406 e. The summed E-state index contributed by atoms with van der Waals surface area (Å²) in [5.74, 6) is 0. The molecule has 106 valence electrons. The predicted molar refractivity (Wildman–Crippen MR) is 87.0 cm³/mol. The Balaban J connectivity index is 1.82. The Morgan fingerprint density at radius 3 is 2.55 bits per heavy atom. The molecule has 0 atom stereocenters. The van der Waals surface area contributed by atoms with Gasteiger partial charge in [0.05, 0.1) is 0 Å². The van der Waals surface area contributed by atoms with Crippen molar-refractivity contribution in [3.8, 4) is 0 Å². The van der Waals surface area contributed by atoms with Crippen LogP contribution in [0.5, 0.6) is 0 Å². The van der Waals surface area contributed by atoms with Crippen LogP contribution in [0.4, 0.5) is 0 Å². The minimum Gasteiger partial charge on any atom is -0.295 e. The van der Waals surface area contributed by atoms with Crippen molar-refractivity contribution >= 4 is 17.2 Å². The fraction of sp³-hybridized carbons (Fsp3) is 0.444. The molecule has 1 aromatic rings. The predicted octanol–water partition coefficient (Wildman–Crippen LogP) is 4.93. The Bertz CT molecular complexity index is 513. The fourth-order valence-corrected chi connectivity index (χ4v) is 3.37. The number of hydrogen-bond acceptors (Lipinski definition) is 1. The van der Waals surface area contributed by atoms with Crippen LogP contribution in [0.2, 0.25) is 5.02 Å². The number of nitrogens with zero attached hydrogens (tertiary/aromatic N) is 1. The van der Waals surface area contributed by atoms with Crippen molar-refractivity contribution < 1.29 is 0 Å². The molecule has 0 spiro atoms. The highest BCUT2D eigenvalue weighted by atomic mass is 35.5. The van der Waals surface area contributed by atoms with Crippen molar-refractivity contribution in [1.82, 2.24) is 4.90 Å². The molecule has 0 saturated heterocycles. The summed E-state index contributed by atoms with van der Waals surface area (Å²) in [4.78, 5) is 2.57. The summed E-state index contributed by atoms with van der Waals surface area (Å²) < 4.78 is 0. The van der Waals surface area contributed by atoms with Gasteiger partial charge in [0.2, 0.25) is 0 Å². The second-order valence-electron chi connectivity index (χ2n) is 5.79. The zero-order valence-corrected chi connectivity index (χ0v) is 12.7. The van der Waals surface area contributed by atoms with Crippen molar-refractivity contribution in [3.05, 3.63) is 52.6 Å². The second-order valence-corrected chi connectivity index (χ2v) is 6.23. The van der Waals surface area contributed by atoms with E-state index in [0.29, 0.717) is 0 Å². The first-order valence-corrected chi connectivity index (χ1v) is 8.05. The minimum atomic E-state index is 0.827. The van der Waals surface area contributed by atoms with E-state index in [9.17, 15) is 0 Å². The summed E-state index contributed by atoms with van der Waals surface area (Å²) in [6, 6.07) is 8.39. The van der Waals surface area contributed by atoms with E-state index in [1.54, 1.807) is 11.1 Å². The number of benzene rings is 1. The van der Waals surface area contributed by atoms with Crippen molar-refractivity contribution in [3.63, 3.8) is 0 Å². The highest BCUT2D eigenvalue weighted by Gasteiger charge is 2.17. The number of rotatable bonds is 3. The lowest BCUT2D eigenvalue weighted by atomic mass is 9.87. The van der Waals surface area contributed by atoms with E-state index in [4.69, 9.17) is 11.6 Å². The van der Waals surface area contributed by atoms with Gasteiger partial charge >= 0.3 is 0 Å². The van der Waals surface area contributed by atoms with E-state index in [1.165, 1.54) is 44.2 Å². The maximum absolute atomic E-state index is 6.01. The molecule has 0 saturated carbocycles. The summed E-state index contributed by atoms with van der Waals surface area (Å²) in [6.45, 7) is 3.45. The van der Waals surface area contributed by atoms with Gasteiger partial charge in [0.1, 0.15) is 0 Å². The van der Waals surface area contributed by atoms with E-state index in [0.717, 1.165) is 18.1 Å². The van der Waals surface area contributed by atoms with Gasteiger partial charge in [-0.25, -0.2) is 0 Å². The number of halogens is 1. The first kappa shape index (κ1) is 13.9. The summed E-state index contributed by atoms with van der Waals surface area (Å²) in [7, 11) is 0. The van der Waals surface area contributed by atoms with Crippen LogP contribution in [-0.2, 0) is 0 Å². The molecular formula is C18H22ClN. The topological polar surface area (TPSA) is 3.24 Å². The Labute approximate surface area is 126 Å². The Kier molecular flexibility index (Phi) is 4.59. The lowest BCUT2D eigenvalue weighted by Gasteiger charge is -2.28. The molecule has 20 heavy (non-hydrogen) atoms. The third-order valence-electron chi connectivity index (χ3n) is 4.33. The molecule has 0 unspecified atom stereocenters. The van der Waals surface area contributed by atoms with Crippen LogP contribution in [0.3, 0.4) is 0 Å². The van der Waals surface area contributed by atoms with Gasteiger partial charge in [-0.1, -0.05) is 41.5 Å². The normalized spacial score (nSPS) is 20.4. The van der Waals surface area contributed by atoms with Gasteiger partial charge in [-0.05, 0) is 55.4 Å². The molecular weight excluding hydrogens is 266 g/mol. The summed E-state index contributed by atoms with van der Waals surface area (Å²) >= 11 is 6.01. The van der Waals surface area contributed by atoms with E-state index >= 15 is 0 Å². The van der Waals surface area contributed by atoms with Gasteiger partial charge in [0, 0.05) is 24.7 Å². The standard InChI is InChI=1S/C18H22ClN/c19-17-10-8-15(9-11-17)18-7-3-2-6-16(18)14-20-12-4-1-5-13-20/h1,4,8-11H,2-3,5-7,12-14H2. The van der Waals surface area contributed by atoms with Gasteiger partial charge in [-0.2, -0.15) is 0 Å². The van der Waals surface area contributed by atoms with Gasteiger partial charge in [0.15, 0.2) is 0 Å². The van der Waals surface area contributed by atoms with Crippen molar-refractivity contribution in [2.75, 3.05) is 19.6 Å². The molecule has 0 N–H and O–H groups in total. The van der Waals surface area contributed by atoms with Crippen LogP contribution in [0.1, 0.15) is 37.7 Å². The van der Waals surface area contributed by atoms with Crippen molar-refractivity contribution in [2.45, 2.75) is 32.1 Å². The molecule has 0 bridgehead atoms. The third kappa shape index (κ3) is 3.34. The Hall–Kier alpha value is -1.05. The molecule has 2 aliphatic rings. The molecule has 2 heteroatoms. The summed E-state index contributed by atoms with van der Waals surface area (Å²) in [5.41, 5.74) is 4.59. The Morgan fingerprint density at radius 2 is 1.80 bits per heavy atom. The lowest BCUT2D eigenvalue weighted by molar-refractivity contribution is 0.319. The molecule has 0 radical (unpaired) electrons. The highest BCUT2D eigenvalue weighted by Crippen LogP contribution is 2.33. The molecule has 0 aromatic heterocycles. The van der Waals surface area contributed by atoms with Crippen LogP contribution in [-0.4, -0.2) is 24.5 Å². The molecule has 0 amide bonds. The Morgan fingerprint density at radius 1 is 1.00 bits per heavy atom. The third-order valence-corrected chi connectivity index (χ3v) is 4.58. The average molecular weight is 288 g/mol. The first-order chi connectivity index (χ1) is 9.83. The molecule has 1 aliphatic heterocycles. The van der Waals surface area contributed by atoms with Crippen molar-refractivity contribution in [1.29, 1.82) is 0 Å². The van der Waals surface area contributed by atoms with Gasteiger partial charge in [0.25, 0.3) is 0 Å². The quantitative estimate of drug-likeness (QED) is 0.713. The maximum atomic E-state index is 6.01.